The average Bonchev–Trinajstić information content (AvgIpc) is 2.81. The maximum Gasteiger partial charge on any atom is 0.136 e. The van der Waals surface area contributed by atoms with E-state index in [0.29, 0.717) is 11.7 Å². The largest absolute Gasteiger partial charge is 0.299 e. The van der Waals surface area contributed by atoms with E-state index in [4.69, 9.17) is 0 Å². The molecule has 0 N–H and O–H groups in total. The van der Waals surface area contributed by atoms with Crippen LogP contribution in [0.4, 0.5) is 0 Å². The van der Waals surface area contributed by atoms with Crippen molar-refractivity contribution in [1.29, 1.82) is 0 Å². The second-order valence-electron chi connectivity index (χ2n) is 3.34. The molecule has 1 aliphatic carbocycles. The van der Waals surface area contributed by atoms with Crippen molar-refractivity contribution >= 4 is 17.5 Å². The molecule has 0 aromatic carbocycles. The Morgan fingerprint density at radius 3 is 2.73 bits per heavy atom. The van der Waals surface area contributed by atoms with Crippen LogP contribution in [-0.2, 0) is 4.79 Å². The lowest BCUT2D eigenvalue weighted by Crippen LogP contribution is -2.13. The van der Waals surface area contributed by atoms with Crippen LogP contribution in [0.25, 0.3) is 0 Å². The Hall–Kier alpha value is 0.0200. The topological polar surface area (TPSA) is 17.1 Å². The van der Waals surface area contributed by atoms with E-state index in [1.54, 1.807) is 11.8 Å². The Balaban J connectivity index is 2.16. The zero-order valence-electron chi connectivity index (χ0n) is 7.30. The highest BCUT2D eigenvalue weighted by Crippen LogP contribution is 2.37. The Morgan fingerprint density at radius 2 is 2.27 bits per heavy atom. The van der Waals surface area contributed by atoms with Gasteiger partial charge in [0.05, 0.1) is 0 Å². The summed E-state index contributed by atoms with van der Waals surface area (Å²) in [6, 6.07) is 0. The summed E-state index contributed by atoms with van der Waals surface area (Å²) in [4.78, 5) is 11.4. The van der Waals surface area contributed by atoms with Crippen LogP contribution in [-0.4, -0.2) is 17.8 Å². The number of thioether (sulfide) groups is 1. The number of Topliss-reactive ketones (excluding diaryl/α,β-unsaturated/α-hetero) is 1. The Morgan fingerprint density at radius 1 is 1.64 bits per heavy atom. The number of hydrogen-bond acceptors (Lipinski definition) is 2. The van der Waals surface area contributed by atoms with Gasteiger partial charge in [-0.3, -0.25) is 4.79 Å². The van der Waals surface area contributed by atoms with Crippen LogP contribution in [0.3, 0.4) is 0 Å². The fourth-order valence-electron chi connectivity index (χ4n) is 1.29. The van der Waals surface area contributed by atoms with Gasteiger partial charge < -0.3 is 0 Å². The summed E-state index contributed by atoms with van der Waals surface area (Å²) in [5.74, 6) is 2.56. The Bertz CT molecular complexity index is 140. The van der Waals surface area contributed by atoms with Gasteiger partial charge in [-0.2, -0.15) is 11.8 Å². The van der Waals surface area contributed by atoms with Crippen molar-refractivity contribution in [2.45, 2.75) is 26.2 Å². The van der Waals surface area contributed by atoms with Gasteiger partial charge in [0.25, 0.3) is 0 Å². The van der Waals surface area contributed by atoms with Crippen molar-refractivity contribution in [1.82, 2.24) is 0 Å². The summed E-state index contributed by atoms with van der Waals surface area (Å²) in [6.45, 7) is 2.08. The van der Waals surface area contributed by atoms with Crippen LogP contribution in [0, 0.1) is 11.8 Å². The summed E-state index contributed by atoms with van der Waals surface area (Å²) in [5.41, 5.74) is 0. The third-order valence-corrected chi connectivity index (χ3v) is 3.00. The lowest BCUT2D eigenvalue weighted by atomic mass is 9.99. The van der Waals surface area contributed by atoms with Gasteiger partial charge in [0.15, 0.2) is 0 Å². The van der Waals surface area contributed by atoms with Gasteiger partial charge in [0.1, 0.15) is 5.78 Å². The van der Waals surface area contributed by atoms with Crippen LogP contribution in [0.1, 0.15) is 26.2 Å². The number of hydrogen-bond donors (Lipinski definition) is 0. The molecule has 1 unspecified atom stereocenters. The van der Waals surface area contributed by atoms with Gasteiger partial charge in [-0.1, -0.05) is 6.92 Å². The Kier molecular flexibility index (Phi) is 3.44. The van der Waals surface area contributed by atoms with Crippen molar-refractivity contribution in [3.8, 4) is 0 Å². The molecule has 0 spiro atoms. The molecule has 0 saturated heterocycles. The number of rotatable bonds is 5. The van der Waals surface area contributed by atoms with Crippen molar-refractivity contribution in [3.63, 3.8) is 0 Å². The third kappa shape index (κ3) is 2.86. The SMILES string of the molecule is CSCCC(=O)C(C)C1CC1. The van der Waals surface area contributed by atoms with E-state index in [0.717, 1.165) is 18.1 Å². The first-order valence-corrected chi connectivity index (χ1v) is 5.66. The fraction of sp³-hybridized carbons (Fsp3) is 0.889. The van der Waals surface area contributed by atoms with E-state index in [9.17, 15) is 4.79 Å². The van der Waals surface area contributed by atoms with E-state index in [1.165, 1.54) is 12.8 Å². The van der Waals surface area contributed by atoms with Gasteiger partial charge in [0, 0.05) is 12.3 Å². The van der Waals surface area contributed by atoms with E-state index in [-0.39, 0.29) is 0 Å². The molecular weight excluding hydrogens is 156 g/mol. The molecule has 0 aliphatic heterocycles. The van der Waals surface area contributed by atoms with Gasteiger partial charge in [-0.15, -0.1) is 0 Å². The second-order valence-corrected chi connectivity index (χ2v) is 4.32. The molecule has 1 saturated carbocycles. The summed E-state index contributed by atoms with van der Waals surface area (Å²) >= 11 is 1.76. The number of carbonyl (C=O) groups excluding carboxylic acids is 1. The molecule has 1 rings (SSSR count). The maximum absolute atomic E-state index is 11.4. The van der Waals surface area contributed by atoms with Crippen LogP contribution in [0.2, 0.25) is 0 Å². The highest BCUT2D eigenvalue weighted by molar-refractivity contribution is 7.98. The summed E-state index contributed by atoms with van der Waals surface area (Å²) in [6.07, 6.45) is 5.40. The predicted octanol–water partition coefficient (Wildman–Crippen LogP) is 2.35. The lowest BCUT2D eigenvalue weighted by Gasteiger charge is -2.06. The van der Waals surface area contributed by atoms with Gasteiger partial charge >= 0.3 is 0 Å². The summed E-state index contributed by atoms with van der Waals surface area (Å²) in [7, 11) is 0. The molecule has 0 radical (unpaired) electrons. The van der Waals surface area contributed by atoms with Crippen molar-refractivity contribution in [3.05, 3.63) is 0 Å². The van der Waals surface area contributed by atoms with E-state index >= 15 is 0 Å². The second kappa shape index (κ2) is 4.15. The van der Waals surface area contributed by atoms with Crippen molar-refractivity contribution in [2.75, 3.05) is 12.0 Å². The third-order valence-electron chi connectivity index (χ3n) is 2.39. The highest BCUT2D eigenvalue weighted by atomic mass is 32.2. The summed E-state index contributed by atoms with van der Waals surface area (Å²) < 4.78 is 0. The lowest BCUT2D eigenvalue weighted by molar-refractivity contribution is -0.122. The monoisotopic (exact) mass is 172 g/mol. The van der Waals surface area contributed by atoms with E-state index in [1.807, 2.05) is 0 Å². The highest BCUT2D eigenvalue weighted by Gasteiger charge is 2.31. The van der Waals surface area contributed by atoms with E-state index in [2.05, 4.69) is 13.2 Å². The first-order chi connectivity index (χ1) is 5.25. The van der Waals surface area contributed by atoms with E-state index < -0.39 is 0 Å². The van der Waals surface area contributed by atoms with Gasteiger partial charge in [-0.05, 0) is 30.8 Å². The standard InChI is InChI=1S/C9H16OS/c1-7(8-3-4-8)9(10)5-6-11-2/h7-8H,3-6H2,1-2H3. The van der Waals surface area contributed by atoms with Gasteiger partial charge in [0.2, 0.25) is 0 Å². The normalized spacial score (nSPS) is 19.8. The molecule has 0 aromatic heterocycles. The first kappa shape index (κ1) is 9.11. The van der Waals surface area contributed by atoms with Crippen LogP contribution >= 0.6 is 11.8 Å². The quantitative estimate of drug-likeness (QED) is 0.633. The molecule has 0 bridgehead atoms. The maximum atomic E-state index is 11.4. The first-order valence-electron chi connectivity index (χ1n) is 4.27. The number of carbonyl (C=O) groups is 1. The molecule has 0 aromatic rings. The molecule has 0 amide bonds. The van der Waals surface area contributed by atoms with Crippen LogP contribution in [0.15, 0.2) is 0 Å². The smallest absolute Gasteiger partial charge is 0.136 e. The zero-order chi connectivity index (χ0) is 8.27. The molecule has 1 aliphatic rings. The van der Waals surface area contributed by atoms with Gasteiger partial charge in [-0.25, -0.2) is 0 Å². The zero-order valence-corrected chi connectivity index (χ0v) is 8.12. The molecule has 2 heteroatoms. The molecule has 1 fully saturated rings. The van der Waals surface area contributed by atoms with Crippen LogP contribution in [0.5, 0.6) is 0 Å². The molecule has 1 nitrogen and oxygen atoms in total. The average molecular weight is 172 g/mol. The predicted molar refractivity (Wildman–Crippen MR) is 49.9 cm³/mol. The minimum Gasteiger partial charge on any atom is -0.299 e. The Labute approximate surface area is 72.9 Å². The fourth-order valence-corrected chi connectivity index (χ4v) is 1.69. The molecule has 0 heterocycles. The van der Waals surface area contributed by atoms with Crippen molar-refractivity contribution in [2.24, 2.45) is 11.8 Å². The minimum absolute atomic E-state index is 0.349. The molecule has 1 atom stereocenters. The van der Waals surface area contributed by atoms with Crippen molar-refractivity contribution < 1.29 is 4.79 Å². The molecule has 64 valence electrons. The summed E-state index contributed by atoms with van der Waals surface area (Å²) in [5, 5.41) is 0. The molecule has 11 heavy (non-hydrogen) atoms. The molecular formula is C9H16OS. The minimum atomic E-state index is 0.349. The van der Waals surface area contributed by atoms with Crippen LogP contribution < -0.4 is 0 Å². The number of ketones is 1.